The van der Waals surface area contributed by atoms with Crippen LogP contribution in [0.3, 0.4) is 0 Å². The zero-order valence-electron chi connectivity index (χ0n) is 10.2. The smallest absolute Gasteiger partial charge is 0.191 e. The first-order valence-electron chi connectivity index (χ1n) is 5.84. The average molecular weight is 256 g/mol. The van der Waals surface area contributed by atoms with E-state index in [1.807, 2.05) is 30.3 Å². The molecule has 1 heterocycles. The lowest BCUT2D eigenvalue weighted by atomic mass is 10.2. The summed E-state index contributed by atoms with van der Waals surface area (Å²) in [4.78, 5) is 0. The molecular weight excluding hydrogens is 239 g/mol. The number of hydrogen-bond donors (Lipinski definition) is 1. The molecule has 1 aromatic rings. The largest absolute Gasteiger partial charge is 0.387 e. The van der Waals surface area contributed by atoms with E-state index >= 15 is 0 Å². The van der Waals surface area contributed by atoms with E-state index in [0.29, 0.717) is 6.61 Å². The molecule has 0 spiro atoms. The van der Waals surface area contributed by atoms with Gasteiger partial charge in [-0.05, 0) is 5.56 Å². The fraction of sp³-hybridized carbons (Fsp3) is 0.538. The van der Waals surface area contributed by atoms with Gasteiger partial charge in [0.05, 0.1) is 13.2 Å². The van der Waals surface area contributed by atoms with Gasteiger partial charge in [-0.2, -0.15) is 0 Å². The first-order valence-corrected chi connectivity index (χ1v) is 5.84. The molecule has 1 N–H and O–H groups in total. The first kappa shape index (κ1) is 13.4. The number of aliphatic hydroxyl groups is 1. The van der Waals surface area contributed by atoms with E-state index in [1.54, 1.807) is 0 Å². The quantitative estimate of drug-likeness (QED) is 0.862. The summed E-state index contributed by atoms with van der Waals surface area (Å²) in [6.07, 6.45) is -4.43. The number of ether oxygens (including phenoxy) is 3. The molecule has 0 bridgehead atoms. The first-order chi connectivity index (χ1) is 8.72. The molecule has 0 saturated carbocycles. The third-order valence-electron chi connectivity index (χ3n) is 2.90. The van der Waals surface area contributed by atoms with Crippen LogP contribution in [0.15, 0.2) is 30.3 Å². The summed E-state index contributed by atoms with van der Waals surface area (Å²) in [7, 11) is 1.34. The van der Waals surface area contributed by atoms with Crippen molar-refractivity contribution < 1.29 is 23.7 Å². The summed E-state index contributed by atoms with van der Waals surface area (Å²) in [5.41, 5.74) is 1.02. The normalized spacial score (nSPS) is 31.7. The molecular formula is C13H17FO4. The van der Waals surface area contributed by atoms with Crippen molar-refractivity contribution in [3.05, 3.63) is 35.9 Å². The summed E-state index contributed by atoms with van der Waals surface area (Å²) in [6, 6.07) is 9.62. The molecule has 100 valence electrons. The molecule has 0 amide bonds. The van der Waals surface area contributed by atoms with Gasteiger partial charge in [-0.3, -0.25) is 0 Å². The molecule has 18 heavy (non-hydrogen) atoms. The van der Waals surface area contributed by atoms with Crippen molar-refractivity contribution in [2.24, 2.45) is 0 Å². The highest BCUT2D eigenvalue weighted by atomic mass is 19.1. The highest BCUT2D eigenvalue weighted by molar-refractivity contribution is 5.13. The van der Waals surface area contributed by atoms with Crippen LogP contribution in [0, 0.1) is 0 Å². The van der Waals surface area contributed by atoms with Gasteiger partial charge in [0.15, 0.2) is 12.5 Å². The lowest BCUT2D eigenvalue weighted by Gasteiger charge is -2.14. The SMILES string of the molecule is CO[C@H]1O[C@H](COCc2ccccc2)[C@@H](O)[C@@H]1F. The van der Waals surface area contributed by atoms with Gasteiger partial charge in [-0.25, -0.2) is 4.39 Å². The molecule has 4 atom stereocenters. The lowest BCUT2D eigenvalue weighted by Crippen LogP contribution is -2.32. The van der Waals surface area contributed by atoms with Gasteiger partial charge in [0.2, 0.25) is 0 Å². The molecule has 0 aliphatic carbocycles. The van der Waals surface area contributed by atoms with E-state index in [4.69, 9.17) is 14.2 Å². The van der Waals surface area contributed by atoms with Crippen molar-refractivity contribution in [3.63, 3.8) is 0 Å². The molecule has 4 nitrogen and oxygen atoms in total. The van der Waals surface area contributed by atoms with Crippen molar-refractivity contribution in [2.75, 3.05) is 13.7 Å². The summed E-state index contributed by atoms with van der Waals surface area (Å²) < 4.78 is 28.8. The van der Waals surface area contributed by atoms with Crippen LogP contribution in [0.2, 0.25) is 0 Å². The molecule has 1 saturated heterocycles. The summed E-state index contributed by atoms with van der Waals surface area (Å²) in [5.74, 6) is 0. The molecule has 1 aliphatic rings. The Kier molecular flexibility index (Phi) is 4.66. The van der Waals surface area contributed by atoms with Crippen LogP contribution in [-0.4, -0.2) is 43.5 Å². The number of benzene rings is 1. The van der Waals surface area contributed by atoms with Gasteiger partial charge in [-0.1, -0.05) is 30.3 Å². The third kappa shape index (κ3) is 3.05. The van der Waals surface area contributed by atoms with Crippen molar-refractivity contribution in [2.45, 2.75) is 31.3 Å². The Bertz CT molecular complexity index is 359. The molecule has 0 unspecified atom stereocenters. The maximum absolute atomic E-state index is 13.4. The second-order valence-corrected chi connectivity index (χ2v) is 4.21. The molecule has 2 rings (SSSR count). The minimum atomic E-state index is -1.53. The van der Waals surface area contributed by atoms with E-state index in [9.17, 15) is 9.50 Å². The van der Waals surface area contributed by atoms with E-state index in [2.05, 4.69) is 0 Å². The Labute approximate surface area is 105 Å². The molecule has 1 aromatic carbocycles. The Hall–Kier alpha value is -1.01. The van der Waals surface area contributed by atoms with Crippen molar-refractivity contribution in [1.29, 1.82) is 0 Å². The topological polar surface area (TPSA) is 47.9 Å². The van der Waals surface area contributed by atoms with Crippen molar-refractivity contribution >= 4 is 0 Å². The van der Waals surface area contributed by atoms with E-state index in [1.165, 1.54) is 7.11 Å². The van der Waals surface area contributed by atoms with Crippen LogP contribution < -0.4 is 0 Å². The number of alkyl halides is 1. The maximum Gasteiger partial charge on any atom is 0.191 e. The highest BCUT2D eigenvalue weighted by Crippen LogP contribution is 2.24. The van der Waals surface area contributed by atoms with E-state index < -0.39 is 24.7 Å². The molecule has 5 heteroatoms. The highest BCUT2D eigenvalue weighted by Gasteiger charge is 2.44. The molecule has 1 aliphatic heterocycles. The molecule has 0 aromatic heterocycles. The predicted octanol–water partition coefficient (Wildman–Crippen LogP) is 1.27. The van der Waals surface area contributed by atoms with Crippen LogP contribution in [0.25, 0.3) is 0 Å². The van der Waals surface area contributed by atoms with Crippen molar-refractivity contribution in [3.8, 4) is 0 Å². The van der Waals surface area contributed by atoms with Crippen LogP contribution in [0.5, 0.6) is 0 Å². The summed E-state index contributed by atoms with van der Waals surface area (Å²) in [5, 5.41) is 9.60. The maximum atomic E-state index is 13.4. The van der Waals surface area contributed by atoms with Gasteiger partial charge >= 0.3 is 0 Å². The predicted molar refractivity (Wildman–Crippen MR) is 62.7 cm³/mol. The minimum absolute atomic E-state index is 0.135. The second kappa shape index (κ2) is 6.24. The number of methoxy groups -OCH3 is 1. The standard InChI is InChI=1S/C13H17FO4/c1-16-13-11(14)12(15)10(18-13)8-17-7-9-5-3-2-4-6-9/h2-6,10-13,15H,7-8H2,1H3/t10-,11+,12-,13+/m1/s1. The van der Waals surface area contributed by atoms with Crippen LogP contribution in [0.1, 0.15) is 5.56 Å². The Morgan fingerprint density at radius 2 is 2.06 bits per heavy atom. The van der Waals surface area contributed by atoms with Gasteiger partial charge in [-0.15, -0.1) is 0 Å². The second-order valence-electron chi connectivity index (χ2n) is 4.21. The van der Waals surface area contributed by atoms with Gasteiger partial charge in [0.1, 0.15) is 12.2 Å². The van der Waals surface area contributed by atoms with Crippen LogP contribution in [-0.2, 0) is 20.8 Å². The fourth-order valence-electron chi connectivity index (χ4n) is 1.88. The van der Waals surface area contributed by atoms with Gasteiger partial charge in [0, 0.05) is 7.11 Å². The number of hydrogen-bond acceptors (Lipinski definition) is 4. The van der Waals surface area contributed by atoms with Crippen molar-refractivity contribution in [1.82, 2.24) is 0 Å². The van der Waals surface area contributed by atoms with E-state index in [-0.39, 0.29) is 6.61 Å². The summed E-state index contributed by atoms with van der Waals surface area (Å²) in [6.45, 7) is 0.540. The Balaban J connectivity index is 1.77. The Morgan fingerprint density at radius 1 is 1.33 bits per heavy atom. The number of aliphatic hydroxyl groups excluding tert-OH is 1. The average Bonchev–Trinajstić information content (AvgIpc) is 2.68. The molecule has 1 fully saturated rings. The minimum Gasteiger partial charge on any atom is -0.387 e. The lowest BCUT2D eigenvalue weighted by molar-refractivity contribution is -0.146. The van der Waals surface area contributed by atoms with Crippen LogP contribution in [0.4, 0.5) is 4.39 Å². The van der Waals surface area contributed by atoms with E-state index in [0.717, 1.165) is 5.56 Å². The van der Waals surface area contributed by atoms with Gasteiger partial charge in [0.25, 0.3) is 0 Å². The zero-order valence-corrected chi connectivity index (χ0v) is 10.2. The zero-order chi connectivity index (χ0) is 13.0. The Morgan fingerprint density at radius 3 is 2.67 bits per heavy atom. The van der Waals surface area contributed by atoms with Gasteiger partial charge < -0.3 is 19.3 Å². The molecule has 0 radical (unpaired) electrons. The monoisotopic (exact) mass is 256 g/mol. The number of halogens is 1. The summed E-state index contributed by atoms with van der Waals surface area (Å²) >= 11 is 0. The van der Waals surface area contributed by atoms with Crippen LogP contribution >= 0.6 is 0 Å². The third-order valence-corrected chi connectivity index (χ3v) is 2.90. The fourth-order valence-corrected chi connectivity index (χ4v) is 1.88. The number of rotatable bonds is 5.